The van der Waals surface area contributed by atoms with E-state index in [9.17, 15) is 14.4 Å². The molecule has 3 rings (SSSR count). The molecule has 9 heteroatoms. The Hall–Kier alpha value is -2.65. The first-order chi connectivity index (χ1) is 13.8. The van der Waals surface area contributed by atoms with E-state index in [0.29, 0.717) is 32.6 Å². The minimum absolute atomic E-state index is 0.0378. The van der Waals surface area contributed by atoms with E-state index in [2.05, 4.69) is 37.3 Å². The van der Waals surface area contributed by atoms with Gasteiger partial charge >= 0.3 is 5.97 Å². The van der Waals surface area contributed by atoms with Gasteiger partial charge in [0.2, 0.25) is 0 Å². The van der Waals surface area contributed by atoms with Gasteiger partial charge in [-0.05, 0) is 68.6 Å². The van der Waals surface area contributed by atoms with Gasteiger partial charge in [0, 0.05) is 11.4 Å². The maximum absolute atomic E-state index is 12.8. The number of benzene rings is 2. The summed E-state index contributed by atoms with van der Waals surface area (Å²) in [7, 11) is 0. The minimum atomic E-state index is -0.524. The highest BCUT2D eigenvalue weighted by atomic mass is 79.9. The quantitative estimate of drug-likeness (QED) is 0.277. The molecule has 0 unspecified atom stereocenters. The summed E-state index contributed by atoms with van der Waals surface area (Å²) < 4.78 is 11.7. The van der Waals surface area contributed by atoms with Crippen LogP contribution in [0.1, 0.15) is 19.4 Å². The fourth-order valence-electron chi connectivity index (χ4n) is 2.68. The van der Waals surface area contributed by atoms with Gasteiger partial charge in [0.05, 0.1) is 16.8 Å². The molecule has 2 aromatic carbocycles. The van der Waals surface area contributed by atoms with Gasteiger partial charge in [0.15, 0.2) is 11.5 Å². The minimum Gasteiger partial charge on any atom is -0.490 e. The van der Waals surface area contributed by atoms with Crippen LogP contribution in [0.3, 0.4) is 0 Å². The standard InChI is InChI=1S/C20H16Br2N2O5/c1-3-28-15-10-12(16(21)17(22)18(15)29-11(2)25)9-14-19(26)23-24(20(14)27)13-7-5-4-6-8-13/h4-10H,3H2,1-2H3,(H,23,26)/b14-9-. The van der Waals surface area contributed by atoms with Crippen molar-refractivity contribution in [3.05, 3.63) is 56.5 Å². The SMILES string of the molecule is CCOc1cc(/C=C2/C(=O)NN(c3ccccc3)C2=O)c(Br)c(Br)c1OC(C)=O. The van der Waals surface area contributed by atoms with Crippen LogP contribution in [0.15, 0.2) is 50.9 Å². The van der Waals surface area contributed by atoms with Gasteiger partial charge in [-0.25, -0.2) is 5.01 Å². The molecule has 150 valence electrons. The lowest BCUT2D eigenvalue weighted by Crippen LogP contribution is -2.35. The van der Waals surface area contributed by atoms with Crippen molar-refractivity contribution in [1.82, 2.24) is 5.43 Å². The Balaban J connectivity index is 2.04. The Labute approximate surface area is 183 Å². The molecule has 7 nitrogen and oxygen atoms in total. The molecule has 1 N–H and O–H groups in total. The van der Waals surface area contributed by atoms with Gasteiger partial charge in [0.25, 0.3) is 11.8 Å². The Kier molecular flexibility index (Phi) is 6.39. The second-order valence-electron chi connectivity index (χ2n) is 5.92. The zero-order valence-electron chi connectivity index (χ0n) is 15.5. The predicted octanol–water partition coefficient (Wildman–Crippen LogP) is 4.00. The van der Waals surface area contributed by atoms with E-state index >= 15 is 0 Å². The first-order valence-electron chi connectivity index (χ1n) is 8.58. The Morgan fingerprint density at radius 3 is 2.48 bits per heavy atom. The van der Waals surface area contributed by atoms with Crippen molar-refractivity contribution in [2.45, 2.75) is 13.8 Å². The highest BCUT2D eigenvalue weighted by molar-refractivity contribution is 9.13. The number of carbonyl (C=O) groups is 3. The highest BCUT2D eigenvalue weighted by Gasteiger charge is 2.34. The number of hydrogen-bond donors (Lipinski definition) is 1. The third-order valence-corrected chi connectivity index (χ3v) is 6.05. The lowest BCUT2D eigenvalue weighted by atomic mass is 10.1. The van der Waals surface area contributed by atoms with E-state index in [1.165, 1.54) is 18.0 Å². The number of hydrazine groups is 1. The maximum atomic E-state index is 12.8. The number of ether oxygens (including phenoxy) is 2. The fourth-order valence-corrected chi connectivity index (χ4v) is 3.60. The molecule has 1 aliphatic heterocycles. The molecule has 1 aliphatic rings. The molecule has 0 atom stereocenters. The molecule has 0 aliphatic carbocycles. The molecular weight excluding hydrogens is 508 g/mol. The topological polar surface area (TPSA) is 84.9 Å². The third kappa shape index (κ3) is 4.35. The number of anilines is 1. The molecule has 1 heterocycles. The van der Waals surface area contributed by atoms with Gasteiger partial charge < -0.3 is 9.47 Å². The largest absolute Gasteiger partial charge is 0.490 e. The smallest absolute Gasteiger partial charge is 0.308 e. The van der Waals surface area contributed by atoms with Crippen LogP contribution in [0.5, 0.6) is 11.5 Å². The number of nitrogens with zero attached hydrogens (tertiary/aromatic N) is 1. The molecule has 2 aromatic rings. The molecule has 0 saturated carbocycles. The van der Waals surface area contributed by atoms with E-state index in [-0.39, 0.29) is 11.3 Å². The molecular formula is C20H16Br2N2O5. The van der Waals surface area contributed by atoms with E-state index in [1.54, 1.807) is 37.3 Å². The number of esters is 1. The summed E-state index contributed by atoms with van der Waals surface area (Å²) in [6.07, 6.45) is 1.45. The molecule has 0 bridgehead atoms. The van der Waals surface area contributed by atoms with Crippen LogP contribution in [0.2, 0.25) is 0 Å². The third-order valence-electron chi connectivity index (χ3n) is 3.91. The van der Waals surface area contributed by atoms with Crippen molar-refractivity contribution >= 4 is 61.4 Å². The van der Waals surface area contributed by atoms with Crippen molar-refractivity contribution in [2.75, 3.05) is 11.6 Å². The molecule has 29 heavy (non-hydrogen) atoms. The number of carbonyl (C=O) groups excluding carboxylic acids is 3. The zero-order valence-corrected chi connectivity index (χ0v) is 18.7. The van der Waals surface area contributed by atoms with E-state index in [1.807, 2.05) is 6.07 Å². The van der Waals surface area contributed by atoms with Crippen molar-refractivity contribution in [1.29, 1.82) is 0 Å². The molecule has 0 aromatic heterocycles. The van der Waals surface area contributed by atoms with Gasteiger partial charge in [-0.1, -0.05) is 18.2 Å². The van der Waals surface area contributed by atoms with Crippen LogP contribution in [0.4, 0.5) is 5.69 Å². The second kappa shape index (κ2) is 8.79. The van der Waals surface area contributed by atoms with Crippen LogP contribution in [-0.4, -0.2) is 24.4 Å². The normalized spacial score (nSPS) is 14.9. The van der Waals surface area contributed by atoms with Crippen molar-refractivity contribution in [3.63, 3.8) is 0 Å². The van der Waals surface area contributed by atoms with E-state index in [4.69, 9.17) is 9.47 Å². The Morgan fingerprint density at radius 1 is 1.17 bits per heavy atom. The van der Waals surface area contributed by atoms with Crippen molar-refractivity contribution in [2.24, 2.45) is 0 Å². The fraction of sp³-hybridized carbons (Fsp3) is 0.150. The Bertz CT molecular complexity index is 1020. The Morgan fingerprint density at radius 2 is 1.86 bits per heavy atom. The summed E-state index contributed by atoms with van der Waals surface area (Å²) in [4.78, 5) is 36.6. The van der Waals surface area contributed by atoms with Gasteiger partial charge in [-0.2, -0.15) is 0 Å². The molecule has 0 radical (unpaired) electrons. The van der Waals surface area contributed by atoms with Gasteiger partial charge in [-0.15, -0.1) is 0 Å². The average molecular weight is 524 g/mol. The maximum Gasteiger partial charge on any atom is 0.308 e. The highest BCUT2D eigenvalue weighted by Crippen LogP contribution is 2.44. The van der Waals surface area contributed by atoms with Crippen LogP contribution in [0.25, 0.3) is 6.08 Å². The van der Waals surface area contributed by atoms with Gasteiger partial charge in [0.1, 0.15) is 5.57 Å². The van der Waals surface area contributed by atoms with Crippen LogP contribution in [-0.2, 0) is 14.4 Å². The predicted molar refractivity (Wildman–Crippen MR) is 114 cm³/mol. The van der Waals surface area contributed by atoms with E-state index < -0.39 is 17.8 Å². The first kappa shape index (κ1) is 21.1. The number of nitrogens with one attached hydrogen (secondary N) is 1. The van der Waals surface area contributed by atoms with Gasteiger partial charge in [-0.3, -0.25) is 19.8 Å². The van der Waals surface area contributed by atoms with Crippen LogP contribution in [0, 0.1) is 0 Å². The molecule has 0 spiro atoms. The van der Waals surface area contributed by atoms with Crippen molar-refractivity contribution < 1.29 is 23.9 Å². The van der Waals surface area contributed by atoms with Crippen molar-refractivity contribution in [3.8, 4) is 11.5 Å². The summed E-state index contributed by atoms with van der Waals surface area (Å²) in [5.41, 5.74) is 3.57. The summed E-state index contributed by atoms with van der Waals surface area (Å²) in [6, 6.07) is 10.4. The molecule has 2 amide bonds. The summed E-state index contributed by atoms with van der Waals surface area (Å²) in [6.45, 7) is 3.41. The number of rotatable bonds is 5. The number of halogens is 2. The summed E-state index contributed by atoms with van der Waals surface area (Å²) in [5, 5.41) is 1.19. The first-order valence-corrected chi connectivity index (χ1v) is 10.2. The number of para-hydroxylation sites is 1. The molecule has 1 saturated heterocycles. The summed E-state index contributed by atoms with van der Waals surface area (Å²) in [5.74, 6) is -1.000. The summed E-state index contributed by atoms with van der Waals surface area (Å²) >= 11 is 6.80. The second-order valence-corrected chi connectivity index (χ2v) is 7.51. The average Bonchev–Trinajstić information content (AvgIpc) is 2.97. The molecule has 1 fully saturated rings. The van der Waals surface area contributed by atoms with Crippen LogP contribution >= 0.6 is 31.9 Å². The van der Waals surface area contributed by atoms with Crippen LogP contribution < -0.4 is 19.9 Å². The zero-order chi connectivity index (χ0) is 21.1. The monoisotopic (exact) mass is 522 g/mol. The lowest BCUT2D eigenvalue weighted by molar-refractivity contribution is -0.132. The van der Waals surface area contributed by atoms with E-state index in [0.717, 1.165) is 0 Å². The number of hydrogen-bond acceptors (Lipinski definition) is 5. The number of amides is 2. The lowest BCUT2D eigenvalue weighted by Gasteiger charge is -2.15.